The molecule has 0 N–H and O–H groups in total. The molecule has 0 aromatic heterocycles. The molecule has 19 heavy (non-hydrogen) atoms. The fourth-order valence-corrected chi connectivity index (χ4v) is 2.13. The molecule has 1 heterocycles. The van der Waals surface area contributed by atoms with E-state index in [-0.39, 0.29) is 0 Å². The second-order valence-electron chi connectivity index (χ2n) is 4.68. The van der Waals surface area contributed by atoms with Crippen molar-refractivity contribution in [2.24, 2.45) is 0 Å². The number of rotatable bonds is 9. The van der Waals surface area contributed by atoms with Crippen LogP contribution in [-0.2, 0) is 20.5 Å². The van der Waals surface area contributed by atoms with Gasteiger partial charge in [-0.1, -0.05) is 30.8 Å². The number of epoxide rings is 1. The minimum Gasteiger partial charge on any atom is -0.414 e. The zero-order valence-electron chi connectivity index (χ0n) is 11.1. The second-order valence-corrected chi connectivity index (χ2v) is 4.97. The lowest BCUT2D eigenvalue weighted by atomic mass is 9.98. The van der Waals surface area contributed by atoms with Crippen molar-refractivity contribution in [3.05, 3.63) is 42.0 Å². The van der Waals surface area contributed by atoms with Gasteiger partial charge in [-0.15, -0.1) is 0 Å². The molecule has 1 saturated heterocycles. The quantitative estimate of drug-likeness (QED) is 0.394. The van der Waals surface area contributed by atoms with Crippen LogP contribution in [-0.4, -0.2) is 36.4 Å². The predicted octanol–water partition coefficient (Wildman–Crippen LogP) is 2.50. The highest BCUT2D eigenvalue weighted by atomic mass is 28.2. The largest absolute Gasteiger partial charge is 0.414 e. The van der Waals surface area contributed by atoms with Gasteiger partial charge in [0.1, 0.15) is 6.10 Å². The first kappa shape index (κ1) is 14.5. The highest BCUT2D eigenvalue weighted by Gasteiger charge is 2.21. The van der Waals surface area contributed by atoms with Crippen molar-refractivity contribution in [2.75, 3.05) is 19.8 Å². The third-order valence-corrected chi connectivity index (χ3v) is 3.24. The minimum absolute atomic E-state index is 0.347. The molecule has 2 rings (SSSR count). The number of hydrogen-bond donors (Lipinski definition) is 0. The Morgan fingerprint density at radius 3 is 2.95 bits per heavy atom. The maximum absolute atomic E-state index is 5.52. The zero-order valence-corrected chi connectivity index (χ0v) is 12.1. The van der Waals surface area contributed by atoms with Crippen LogP contribution in [0.25, 0.3) is 5.57 Å². The van der Waals surface area contributed by atoms with Gasteiger partial charge in [0.05, 0.1) is 19.8 Å². The van der Waals surface area contributed by atoms with Crippen molar-refractivity contribution in [2.45, 2.75) is 25.6 Å². The van der Waals surface area contributed by atoms with E-state index in [0.29, 0.717) is 12.7 Å². The summed E-state index contributed by atoms with van der Waals surface area (Å²) in [6.45, 7) is 7.04. The van der Waals surface area contributed by atoms with Crippen molar-refractivity contribution in [1.29, 1.82) is 0 Å². The van der Waals surface area contributed by atoms with Gasteiger partial charge in [-0.25, -0.2) is 0 Å². The first-order valence-electron chi connectivity index (χ1n) is 6.55. The summed E-state index contributed by atoms with van der Waals surface area (Å²) in [5.74, 6) is 0. The van der Waals surface area contributed by atoms with Gasteiger partial charge in [-0.05, 0) is 29.5 Å². The molecule has 0 spiro atoms. The van der Waals surface area contributed by atoms with Gasteiger partial charge in [-0.2, -0.15) is 0 Å². The first-order chi connectivity index (χ1) is 9.31. The molecule has 0 amide bonds. The fourth-order valence-electron chi connectivity index (χ4n) is 1.97. The number of benzene rings is 1. The Hall–Kier alpha value is -0.943. The lowest BCUT2D eigenvalue weighted by Gasteiger charge is -2.11. The standard InChI is InChI=1S/C15H19O3Si/c1-12(5-4-8-16-10-14-11-17-14)15-7-3-2-6-13(15)9-18-19/h2-3,6-7,14H,1,4-5,8-11H2. The normalized spacial score (nSPS) is 17.4. The van der Waals surface area contributed by atoms with E-state index in [1.165, 1.54) is 5.56 Å². The topological polar surface area (TPSA) is 31.0 Å². The van der Waals surface area contributed by atoms with Crippen LogP contribution in [0.4, 0.5) is 0 Å². The summed E-state index contributed by atoms with van der Waals surface area (Å²) < 4.78 is 15.6. The van der Waals surface area contributed by atoms with E-state index in [1.807, 2.05) is 12.1 Å². The Labute approximate surface area is 118 Å². The lowest BCUT2D eigenvalue weighted by Crippen LogP contribution is -2.03. The predicted molar refractivity (Wildman–Crippen MR) is 75.8 cm³/mol. The van der Waals surface area contributed by atoms with Crippen LogP contribution in [0.1, 0.15) is 24.0 Å². The van der Waals surface area contributed by atoms with Crippen molar-refractivity contribution in [3.63, 3.8) is 0 Å². The monoisotopic (exact) mass is 275 g/mol. The molecule has 0 aliphatic carbocycles. The van der Waals surface area contributed by atoms with Crippen LogP contribution in [0, 0.1) is 0 Å². The Balaban J connectivity index is 1.74. The van der Waals surface area contributed by atoms with Gasteiger partial charge in [0.2, 0.25) is 10.5 Å². The molecule has 1 fully saturated rings. The van der Waals surface area contributed by atoms with Crippen LogP contribution in [0.5, 0.6) is 0 Å². The van der Waals surface area contributed by atoms with Crippen molar-refractivity contribution in [3.8, 4) is 0 Å². The van der Waals surface area contributed by atoms with E-state index >= 15 is 0 Å². The first-order valence-corrected chi connectivity index (χ1v) is 6.96. The van der Waals surface area contributed by atoms with E-state index in [2.05, 4.69) is 29.2 Å². The Kier molecular flexibility index (Phi) is 5.79. The molecular weight excluding hydrogens is 256 g/mol. The minimum atomic E-state index is 0.347. The summed E-state index contributed by atoms with van der Waals surface area (Å²) >= 11 is 0. The van der Waals surface area contributed by atoms with Crippen LogP contribution in [0.2, 0.25) is 0 Å². The Bertz CT molecular complexity index is 416. The fraction of sp³-hybridized carbons (Fsp3) is 0.467. The number of allylic oxidation sites excluding steroid dienone is 1. The molecule has 1 unspecified atom stereocenters. The summed E-state index contributed by atoms with van der Waals surface area (Å²) in [6.07, 6.45) is 2.26. The zero-order chi connectivity index (χ0) is 13.5. The summed E-state index contributed by atoms with van der Waals surface area (Å²) in [5, 5.41) is 0. The molecule has 0 bridgehead atoms. The lowest BCUT2D eigenvalue weighted by molar-refractivity contribution is 0.115. The average molecular weight is 275 g/mol. The highest BCUT2D eigenvalue weighted by molar-refractivity contribution is 5.97. The molecule has 0 saturated carbocycles. The second kappa shape index (κ2) is 7.60. The maximum atomic E-state index is 5.52. The summed E-state index contributed by atoms with van der Waals surface area (Å²) in [4.78, 5) is 0. The van der Waals surface area contributed by atoms with Crippen LogP contribution in [0.3, 0.4) is 0 Å². The SMILES string of the molecule is C=C(CCCOCC1CO1)c1ccccc1CO[Si]. The van der Waals surface area contributed by atoms with Gasteiger partial charge in [-0.3, -0.25) is 0 Å². The van der Waals surface area contributed by atoms with Gasteiger partial charge in [0.25, 0.3) is 0 Å². The van der Waals surface area contributed by atoms with E-state index in [1.54, 1.807) is 0 Å². The summed E-state index contributed by atoms with van der Waals surface area (Å²) in [6, 6.07) is 8.18. The van der Waals surface area contributed by atoms with Crippen molar-refractivity contribution >= 4 is 16.1 Å². The third kappa shape index (κ3) is 4.91. The van der Waals surface area contributed by atoms with Crippen LogP contribution in [0.15, 0.2) is 30.8 Å². The van der Waals surface area contributed by atoms with E-state index in [4.69, 9.17) is 13.9 Å². The molecular formula is C15H19O3Si. The van der Waals surface area contributed by atoms with Crippen molar-refractivity contribution in [1.82, 2.24) is 0 Å². The Morgan fingerprint density at radius 2 is 2.21 bits per heavy atom. The van der Waals surface area contributed by atoms with Crippen LogP contribution < -0.4 is 0 Å². The molecule has 1 aliphatic heterocycles. The molecule has 1 aromatic carbocycles. The van der Waals surface area contributed by atoms with Gasteiger partial charge in [0, 0.05) is 6.61 Å². The summed E-state index contributed by atoms with van der Waals surface area (Å²) in [5.41, 5.74) is 3.45. The smallest absolute Gasteiger partial charge is 0.246 e. The maximum Gasteiger partial charge on any atom is 0.246 e. The van der Waals surface area contributed by atoms with E-state index < -0.39 is 0 Å². The molecule has 1 aliphatic rings. The molecule has 1 atom stereocenters. The van der Waals surface area contributed by atoms with Gasteiger partial charge in [0.15, 0.2) is 0 Å². The van der Waals surface area contributed by atoms with Crippen molar-refractivity contribution < 1.29 is 13.9 Å². The van der Waals surface area contributed by atoms with Crippen LogP contribution >= 0.6 is 0 Å². The molecule has 3 radical (unpaired) electrons. The molecule has 101 valence electrons. The Morgan fingerprint density at radius 1 is 1.42 bits per heavy atom. The molecule has 1 aromatic rings. The van der Waals surface area contributed by atoms with E-state index in [0.717, 1.165) is 43.8 Å². The van der Waals surface area contributed by atoms with Gasteiger partial charge >= 0.3 is 0 Å². The average Bonchev–Trinajstić information content (AvgIpc) is 3.23. The molecule has 3 nitrogen and oxygen atoms in total. The number of hydrogen-bond acceptors (Lipinski definition) is 3. The molecule has 4 heteroatoms. The third-order valence-electron chi connectivity index (χ3n) is 3.10. The highest BCUT2D eigenvalue weighted by Crippen LogP contribution is 2.22. The summed E-state index contributed by atoms with van der Waals surface area (Å²) in [7, 11) is 3.05. The van der Waals surface area contributed by atoms with Gasteiger partial charge < -0.3 is 13.9 Å². The van der Waals surface area contributed by atoms with E-state index in [9.17, 15) is 0 Å². The number of ether oxygens (including phenoxy) is 2.